The number of rotatable bonds is 5. The first-order chi connectivity index (χ1) is 10.8. The van der Waals surface area contributed by atoms with Crippen molar-refractivity contribution in [2.75, 3.05) is 39.3 Å². The summed E-state index contributed by atoms with van der Waals surface area (Å²) < 4.78 is 27.8. The number of carbonyl (C=O) groups is 1. The van der Waals surface area contributed by atoms with Gasteiger partial charge in [0.05, 0.1) is 4.90 Å². The third kappa shape index (κ3) is 4.76. The smallest absolute Gasteiger partial charge is 0.243 e. The van der Waals surface area contributed by atoms with E-state index in [1.54, 1.807) is 18.2 Å². The Morgan fingerprint density at radius 2 is 1.91 bits per heavy atom. The molecule has 1 heterocycles. The van der Waals surface area contributed by atoms with E-state index in [2.05, 4.69) is 26.1 Å². The highest BCUT2D eigenvalue weighted by molar-refractivity contribution is 9.10. The van der Waals surface area contributed by atoms with E-state index in [1.165, 1.54) is 11.2 Å². The van der Waals surface area contributed by atoms with E-state index in [-0.39, 0.29) is 5.91 Å². The summed E-state index contributed by atoms with van der Waals surface area (Å²) in [6.45, 7) is 6.99. The van der Waals surface area contributed by atoms with Gasteiger partial charge in [0.25, 0.3) is 0 Å². The second kappa shape index (κ2) is 7.74. The molecule has 1 aliphatic rings. The summed E-state index contributed by atoms with van der Waals surface area (Å²) in [5.41, 5.74) is 0.903. The minimum atomic E-state index is -3.44. The van der Waals surface area contributed by atoms with Crippen molar-refractivity contribution in [3.05, 3.63) is 28.2 Å². The maximum absolute atomic E-state index is 12.7. The number of halogens is 1. The third-order valence-corrected chi connectivity index (χ3v) is 6.68. The van der Waals surface area contributed by atoms with Gasteiger partial charge in [-0.25, -0.2) is 8.42 Å². The van der Waals surface area contributed by atoms with Crippen LogP contribution in [0.5, 0.6) is 0 Å². The summed E-state index contributed by atoms with van der Waals surface area (Å²) in [5.74, 6) is -0.0446. The molecule has 1 amide bonds. The van der Waals surface area contributed by atoms with Gasteiger partial charge in [0.1, 0.15) is 0 Å². The first-order valence-corrected chi connectivity index (χ1v) is 9.77. The Bertz CT molecular complexity index is 671. The molecule has 8 heteroatoms. The fourth-order valence-electron chi connectivity index (χ4n) is 2.51. The first kappa shape index (κ1) is 18.4. The molecule has 0 atom stereocenters. The molecule has 0 bridgehead atoms. The van der Waals surface area contributed by atoms with Crippen LogP contribution in [-0.4, -0.2) is 62.8 Å². The van der Waals surface area contributed by atoms with Crippen molar-refractivity contribution in [1.29, 1.82) is 0 Å². The van der Waals surface area contributed by atoms with Gasteiger partial charge < -0.3 is 5.32 Å². The molecule has 1 aromatic carbocycles. The Morgan fingerprint density at radius 1 is 1.26 bits per heavy atom. The van der Waals surface area contributed by atoms with Gasteiger partial charge >= 0.3 is 0 Å². The fourth-order valence-corrected chi connectivity index (χ4v) is 4.26. The zero-order chi connectivity index (χ0) is 17.0. The number of hydrogen-bond acceptors (Lipinski definition) is 4. The van der Waals surface area contributed by atoms with Gasteiger partial charge in [-0.1, -0.05) is 15.9 Å². The minimum Gasteiger partial charge on any atom is -0.355 e. The zero-order valence-electron chi connectivity index (χ0n) is 13.4. The van der Waals surface area contributed by atoms with Gasteiger partial charge in [0.2, 0.25) is 15.9 Å². The van der Waals surface area contributed by atoms with Crippen LogP contribution in [0.4, 0.5) is 0 Å². The van der Waals surface area contributed by atoms with Crippen LogP contribution < -0.4 is 5.32 Å². The largest absolute Gasteiger partial charge is 0.355 e. The summed E-state index contributed by atoms with van der Waals surface area (Å²) >= 11 is 3.39. The summed E-state index contributed by atoms with van der Waals surface area (Å²) in [7, 11) is -3.44. The Balaban J connectivity index is 1.95. The fraction of sp³-hybridized carbons (Fsp3) is 0.533. The van der Waals surface area contributed by atoms with Gasteiger partial charge in [-0.2, -0.15) is 4.31 Å². The van der Waals surface area contributed by atoms with Crippen LogP contribution in [0.15, 0.2) is 27.6 Å². The minimum absolute atomic E-state index is 0.0446. The van der Waals surface area contributed by atoms with E-state index in [9.17, 15) is 13.2 Å². The monoisotopic (exact) mass is 403 g/mol. The Labute approximate surface area is 146 Å². The van der Waals surface area contributed by atoms with Crippen LogP contribution in [0, 0.1) is 6.92 Å². The molecule has 1 fully saturated rings. The summed E-state index contributed by atoms with van der Waals surface area (Å²) in [6, 6.07) is 5.10. The molecule has 0 radical (unpaired) electrons. The summed E-state index contributed by atoms with van der Waals surface area (Å²) in [5, 5.41) is 2.75. The maximum atomic E-state index is 12.7. The predicted molar refractivity (Wildman–Crippen MR) is 92.8 cm³/mol. The normalized spacial score (nSPS) is 17.2. The molecule has 0 unspecified atom stereocenters. The number of benzene rings is 1. The number of nitrogens with one attached hydrogen (secondary N) is 1. The number of hydrogen-bond donors (Lipinski definition) is 1. The molecular formula is C15H22BrN3O3S. The lowest BCUT2D eigenvalue weighted by molar-refractivity contribution is -0.119. The maximum Gasteiger partial charge on any atom is 0.243 e. The quantitative estimate of drug-likeness (QED) is 0.801. The van der Waals surface area contributed by atoms with Crippen LogP contribution in [0.3, 0.4) is 0 Å². The van der Waals surface area contributed by atoms with E-state index in [4.69, 9.17) is 0 Å². The number of sulfonamides is 1. The van der Waals surface area contributed by atoms with E-state index in [0.717, 1.165) is 16.6 Å². The van der Waals surface area contributed by atoms with Gasteiger partial charge in [-0.15, -0.1) is 0 Å². The van der Waals surface area contributed by atoms with Gasteiger partial charge in [-0.05, 0) is 30.7 Å². The molecule has 1 N–H and O–H groups in total. The Hall–Kier alpha value is -0.960. The van der Waals surface area contributed by atoms with Gasteiger partial charge in [0.15, 0.2) is 0 Å². The highest BCUT2D eigenvalue weighted by Crippen LogP contribution is 2.23. The molecule has 2 rings (SSSR count). The van der Waals surface area contributed by atoms with Crippen molar-refractivity contribution in [1.82, 2.24) is 14.5 Å². The molecule has 0 aliphatic carbocycles. The van der Waals surface area contributed by atoms with Crippen molar-refractivity contribution in [2.45, 2.75) is 18.7 Å². The van der Waals surface area contributed by atoms with E-state index in [0.29, 0.717) is 37.6 Å². The topological polar surface area (TPSA) is 69.7 Å². The highest BCUT2D eigenvalue weighted by atomic mass is 79.9. The van der Waals surface area contributed by atoms with Gasteiger partial charge in [0, 0.05) is 50.7 Å². The van der Waals surface area contributed by atoms with E-state index >= 15 is 0 Å². The molecule has 128 valence electrons. The molecule has 0 spiro atoms. The number of aryl methyl sites for hydroxylation is 1. The lowest BCUT2D eigenvalue weighted by Crippen LogP contribution is -2.50. The zero-order valence-corrected chi connectivity index (χ0v) is 15.8. The number of nitrogens with zero attached hydrogens (tertiary/aromatic N) is 2. The van der Waals surface area contributed by atoms with E-state index in [1.807, 2.05) is 6.92 Å². The lowest BCUT2D eigenvalue weighted by Gasteiger charge is -2.34. The standard InChI is InChI=1S/C15H22BrN3O3S/c1-12-11-14(3-4-15(12)16)23(21,22)19-9-7-18(8-10-19)6-5-17-13(2)20/h3-4,11H,5-10H2,1-2H3,(H,17,20). The number of piperazine rings is 1. The molecule has 0 aromatic heterocycles. The van der Waals surface area contributed by atoms with Crippen molar-refractivity contribution in [2.24, 2.45) is 0 Å². The highest BCUT2D eigenvalue weighted by Gasteiger charge is 2.28. The average Bonchev–Trinajstić information content (AvgIpc) is 2.50. The summed E-state index contributed by atoms with van der Waals surface area (Å²) in [4.78, 5) is 13.4. The van der Waals surface area contributed by atoms with Crippen LogP contribution in [0.1, 0.15) is 12.5 Å². The predicted octanol–water partition coefficient (Wildman–Crippen LogP) is 1.20. The number of carbonyl (C=O) groups excluding carboxylic acids is 1. The molecule has 0 saturated carbocycles. The molecular weight excluding hydrogens is 382 g/mol. The van der Waals surface area contributed by atoms with Crippen LogP contribution in [0.25, 0.3) is 0 Å². The third-order valence-electron chi connectivity index (χ3n) is 3.90. The van der Waals surface area contributed by atoms with Crippen molar-refractivity contribution < 1.29 is 13.2 Å². The van der Waals surface area contributed by atoms with Crippen molar-refractivity contribution in [3.8, 4) is 0 Å². The number of amides is 1. The first-order valence-electron chi connectivity index (χ1n) is 7.54. The lowest BCUT2D eigenvalue weighted by atomic mass is 10.2. The Kier molecular flexibility index (Phi) is 6.19. The second-order valence-electron chi connectivity index (χ2n) is 5.64. The van der Waals surface area contributed by atoms with Crippen molar-refractivity contribution in [3.63, 3.8) is 0 Å². The molecule has 1 saturated heterocycles. The van der Waals surface area contributed by atoms with Crippen LogP contribution in [-0.2, 0) is 14.8 Å². The Morgan fingerprint density at radius 3 is 2.48 bits per heavy atom. The van der Waals surface area contributed by atoms with Crippen molar-refractivity contribution >= 4 is 31.9 Å². The molecule has 1 aliphatic heterocycles. The molecule has 1 aromatic rings. The summed E-state index contributed by atoms with van der Waals surface area (Å²) in [6.07, 6.45) is 0. The molecule has 6 nitrogen and oxygen atoms in total. The van der Waals surface area contributed by atoms with E-state index < -0.39 is 10.0 Å². The van der Waals surface area contributed by atoms with Gasteiger partial charge in [-0.3, -0.25) is 9.69 Å². The van der Waals surface area contributed by atoms with Crippen LogP contribution in [0.2, 0.25) is 0 Å². The second-order valence-corrected chi connectivity index (χ2v) is 8.43. The SMILES string of the molecule is CC(=O)NCCN1CCN(S(=O)(=O)c2ccc(Br)c(C)c2)CC1. The van der Waals surface area contributed by atoms with Crippen LogP contribution >= 0.6 is 15.9 Å². The molecule has 23 heavy (non-hydrogen) atoms. The average molecular weight is 404 g/mol.